The van der Waals surface area contributed by atoms with Crippen LogP contribution in [0.2, 0.25) is 0 Å². The number of para-hydroxylation sites is 1. The van der Waals surface area contributed by atoms with E-state index in [-0.39, 0.29) is 5.60 Å². The first-order valence-electron chi connectivity index (χ1n) is 6.95. The predicted octanol–water partition coefficient (Wildman–Crippen LogP) is 3.19. The van der Waals surface area contributed by atoms with E-state index in [0.29, 0.717) is 11.7 Å². The number of hydrogen-bond donors (Lipinski definition) is 1. The number of nitrogens with one attached hydrogen (secondary N) is 1. The number of benzene rings is 1. The lowest BCUT2D eigenvalue weighted by Gasteiger charge is -2.22. The van der Waals surface area contributed by atoms with E-state index in [1.165, 1.54) is 0 Å². The van der Waals surface area contributed by atoms with E-state index in [2.05, 4.69) is 15.5 Å². The third kappa shape index (κ3) is 2.08. The van der Waals surface area contributed by atoms with Gasteiger partial charge in [0.05, 0.1) is 5.56 Å². The first-order chi connectivity index (χ1) is 9.79. The van der Waals surface area contributed by atoms with Crippen molar-refractivity contribution >= 4 is 5.69 Å². The maximum absolute atomic E-state index is 5.69. The number of nitrogens with zero attached hydrogens (tertiary/aromatic N) is 2. The minimum atomic E-state index is -0.365. The van der Waals surface area contributed by atoms with Crippen molar-refractivity contribution in [2.75, 3.05) is 19.5 Å². The molecule has 2 aromatic rings. The molecule has 3 rings (SSSR count). The zero-order valence-corrected chi connectivity index (χ0v) is 11.8. The second-order valence-electron chi connectivity index (χ2n) is 5.12. The molecule has 20 heavy (non-hydrogen) atoms. The summed E-state index contributed by atoms with van der Waals surface area (Å²) in [5.74, 6) is 1.20. The zero-order valence-electron chi connectivity index (χ0n) is 11.8. The summed E-state index contributed by atoms with van der Waals surface area (Å²) < 4.78 is 11.1. The van der Waals surface area contributed by atoms with Crippen LogP contribution in [-0.4, -0.2) is 24.3 Å². The van der Waals surface area contributed by atoms with Gasteiger partial charge < -0.3 is 14.6 Å². The van der Waals surface area contributed by atoms with Gasteiger partial charge in [0.25, 0.3) is 5.89 Å². The Morgan fingerprint density at radius 2 is 2.00 bits per heavy atom. The van der Waals surface area contributed by atoms with Crippen molar-refractivity contribution in [2.24, 2.45) is 0 Å². The van der Waals surface area contributed by atoms with Crippen molar-refractivity contribution in [1.29, 1.82) is 0 Å². The number of anilines is 1. The van der Waals surface area contributed by atoms with Gasteiger partial charge in [0.15, 0.2) is 0 Å². The van der Waals surface area contributed by atoms with Crippen LogP contribution in [0, 0.1) is 0 Å². The number of aromatic nitrogens is 2. The summed E-state index contributed by atoms with van der Waals surface area (Å²) in [7, 11) is 3.60. The average Bonchev–Trinajstić information content (AvgIpc) is 3.16. The Bertz CT molecular complexity index is 588. The number of methoxy groups -OCH3 is 1. The minimum Gasteiger partial charge on any atom is -0.387 e. The Hall–Kier alpha value is -1.88. The summed E-state index contributed by atoms with van der Waals surface area (Å²) in [5.41, 5.74) is 1.52. The van der Waals surface area contributed by atoms with Crippen LogP contribution >= 0.6 is 0 Å². The smallest absolute Gasteiger partial charge is 0.260 e. The quantitative estimate of drug-likeness (QED) is 0.927. The summed E-state index contributed by atoms with van der Waals surface area (Å²) in [6, 6.07) is 7.89. The first kappa shape index (κ1) is 13.1. The van der Waals surface area contributed by atoms with E-state index in [1.54, 1.807) is 7.11 Å². The molecule has 1 heterocycles. The SMILES string of the molecule is CNc1ccccc1-c1nc(C2(OC)CCCC2)no1. The molecule has 1 saturated carbocycles. The summed E-state index contributed by atoms with van der Waals surface area (Å²) in [4.78, 5) is 4.57. The van der Waals surface area contributed by atoms with Gasteiger partial charge >= 0.3 is 0 Å². The maximum atomic E-state index is 5.69. The van der Waals surface area contributed by atoms with Crippen LogP contribution in [-0.2, 0) is 10.3 Å². The van der Waals surface area contributed by atoms with E-state index >= 15 is 0 Å². The Morgan fingerprint density at radius 1 is 1.25 bits per heavy atom. The second-order valence-corrected chi connectivity index (χ2v) is 5.12. The monoisotopic (exact) mass is 273 g/mol. The van der Waals surface area contributed by atoms with Crippen molar-refractivity contribution in [1.82, 2.24) is 10.1 Å². The molecule has 1 aromatic carbocycles. The van der Waals surface area contributed by atoms with Gasteiger partial charge in [-0.15, -0.1) is 0 Å². The van der Waals surface area contributed by atoms with Crippen molar-refractivity contribution in [3.8, 4) is 11.5 Å². The number of ether oxygens (including phenoxy) is 1. The molecule has 1 aliphatic rings. The molecule has 106 valence electrons. The fraction of sp³-hybridized carbons (Fsp3) is 0.467. The van der Waals surface area contributed by atoms with Gasteiger partial charge in [-0.05, 0) is 37.8 Å². The number of hydrogen-bond acceptors (Lipinski definition) is 5. The Balaban J connectivity index is 1.98. The van der Waals surface area contributed by atoms with Gasteiger partial charge in [-0.3, -0.25) is 0 Å². The van der Waals surface area contributed by atoms with Crippen LogP contribution in [0.5, 0.6) is 0 Å². The van der Waals surface area contributed by atoms with Crippen molar-refractivity contribution in [3.05, 3.63) is 30.1 Å². The van der Waals surface area contributed by atoms with Crippen molar-refractivity contribution in [2.45, 2.75) is 31.3 Å². The fourth-order valence-electron chi connectivity index (χ4n) is 2.87. The molecule has 5 nitrogen and oxygen atoms in total. The summed E-state index contributed by atoms with van der Waals surface area (Å²) in [6.45, 7) is 0. The normalized spacial score (nSPS) is 17.3. The summed E-state index contributed by atoms with van der Waals surface area (Å²) in [6.07, 6.45) is 4.20. The zero-order chi connectivity index (χ0) is 14.0. The van der Waals surface area contributed by atoms with Gasteiger partial charge in [0.2, 0.25) is 5.82 Å². The van der Waals surface area contributed by atoms with Gasteiger partial charge in [-0.25, -0.2) is 0 Å². The Morgan fingerprint density at radius 3 is 2.70 bits per heavy atom. The van der Waals surface area contributed by atoms with Crippen molar-refractivity contribution in [3.63, 3.8) is 0 Å². The molecule has 1 fully saturated rings. The minimum absolute atomic E-state index is 0.365. The molecule has 0 spiro atoms. The largest absolute Gasteiger partial charge is 0.387 e. The lowest BCUT2D eigenvalue weighted by atomic mass is 10.0. The summed E-state index contributed by atoms with van der Waals surface area (Å²) >= 11 is 0. The van der Waals surface area contributed by atoms with E-state index in [4.69, 9.17) is 9.26 Å². The third-order valence-electron chi connectivity index (χ3n) is 4.06. The molecule has 1 aromatic heterocycles. The average molecular weight is 273 g/mol. The molecule has 0 aliphatic heterocycles. The Labute approximate surface area is 118 Å². The van der Waals surface area contributed by atoms with Crippen LogP contribution in [0.25, 0.3) is 11.5 Å². The molecule has 5 heteroatoms. The van der Waals surface area contributed by atoms with Crippen LogP contribution < -0.4 is 5.32 Å². The number of rotatable bonds is 4. The Kier molecular flexibility index (Phi) is 3.44. The van der Waals surface area contributed by atoms with E-state index in [1.807, 2.05) is 31.3 Å². The lowest BCUT2D eigenvalue weighted by Crippen LogP contribution is -2.25. The van der Waals surface area contributed by atoms with Gasteiger partial charge in [-0.2, -0.15) is 4.98 Å². The highest BCUT2D eigenvalue weighted by atomic mass is 16.5. The molecule has 0 unspecified atom stereocenters. The van der Waals surface area contributed by atoms with E-state index < -0.39 is 0 Å². The standard InChI is InChI=1S/C15H19N3O2/c1-16-12-8-4-3-7-11(12)13-17-14(18-20-13)15(19-2)9-5-6-10-15/h3-4,7-8,16H,5-6,9-10H2,1-2H3. The molecule has 0 saturated heterocycles. The molecule has 0 atom stereocenters. The molecular formula is C15H19N3O2. The predicted molar refractivity (Wildman–Crippen MR) is 76.4 cm³/mol. The maximum Gasteiger partial charge on any atom is 0.260 e. The molecular weight excluding hydrogens is 254 g/mol. The lowest BCUT2D eigenvalue weighted by molar-refractivity contribution is -0.0178. The highest BCUT2D eigenvalue weighted by Crippen LogP contribution is 2.41. The van der Waals surface area contributed by atoms with Crippen LogP contribution in [0.4, 0.5) is 5.69 Å². The second kappa shape index (κ2) is 5.25. The molecule has 1 N–H and O–H groups in total. The molecule has 1 aliphatic carbocycles. The van der Waals surface area contributed by atoms with Crippen LogP contribution in [0.15, 0.2) is 28.8 Å². The third-order valence-corrected chi connectivity index (χ3v) is 4.06. The van der Waals surface area contributed by atoms with Gasteiger partial charge in [0.1, 0.15) is 5.60 Å². The van der Waals surface area contributed by atoms with Crippen molar-refractivity contribution < 1.29 is 9.26 Å². The molecule has 0 amide bonds. The summed E-state index contributed by atoms with van der Waals surface area (Å²) in [5, 5.41) is 7.29. The van der Waals surface area contributed by atoms with Gasteiger partial charge in [0, 0.05) is 19.8 Å². The van der Waals surface area contributed by atoms with E-state index in [9.17, 15) is 0 Å². The van der Waals surface area contributed by atoms with Gasteiger partial charge in [-0.1, -0.05) is 17.3 Å². The highest BCUT2D eigenvalue weighted by Gasteiger charge is 2.40. The molecule has 0 radical (unpaired) electrons. The topological polar surface area (TPSA) is 60.2 Å². The van der Waals surface area contributed by atoms with Crippen LogP contribution in [0.3, 0.4) is 0 Å². The van der Waals surface area contributed by atoms with Crippen LogP contribution in [0.1, 0.15) is 31.5 Å². The molecule has 0 bridgehead atoms. The highest BCUT2D eigenvalue weighted by molar-refractivity contribution is 5.72. The fourth-order valence-corrected chi connectivity index (χ4v) is 2.87. The van der Waals surface area contributed by atoms with E-state index in [0.717, 1.165) is 36.9 Å². The first-order valence-corrected chi connectivity index (χ1v) is 6.95.